The molecule has 1 aromatic rings. The summed E-state index contributed by atoms with van der Waals surface area (Å²) >= 11 is 0. The molecular formula is C16H24N2O3. The fourth-order valence-electron chi connectivity index (χ4n) is 2.54. The summed E-state index contributed by atoms with van der Waals surface area (Å²) in [4.78, 5) is 12.4. The van der Waals surface area contributed by atoms with Crippen molar-refractivity contribution in [1.82, 2.24) is 10.6 Å². The molecule has 0 saturated carbocycles. The molecule has 0 bridgehead atoms. The molecule has 0 aromatic heterocycles. The number of aliphatic hydroxyl groups is 1. The predicted molar refractivity (Wildman–Crippen MR) is 80.8 cm³/mol. The van der Waals surface area contributed by atoms with Gasteiger partial charge in [-0.1, -0.05) is 37.3 Å². The van der Waals surface area contributed by atoms with Gasteiger partial charge in [0.2, 0.25) is 5.91 Å². The van der Waals surface area contributed by atoms with Gasteiger partial charge in [0.05, 0.1) is 31.8 Å². The van der Waals surface area contributed by atoms with Crippen molar-refractivity contribution in [3.05, 3.63) is 35.9 Å². The van der Waals surface area contributed by atoms with Gasteiger partial charge < -0.3 is 20.5 Å². The molecule has 1 amide bonds. The zero-order valence-corrected chi connectivity index (χ0v) is 12.4. The molecule has 21 heavy (non-hydrogen) atoms. The van der Waals surface area contributed by atoms with Gasteiger partial charge in [0.15, 0.2) is 0 Å². The minimum absolute atomic E-state index is 0.0556. The number of carbonyl (C=O) groups excluding carboxylic acids is 1. The summed E-state index contributed by atoms with van der Waals surface area (Å²) in [5, 5.41) is 15.8. The number of hydrogen-bond acceptors (Lipinski definition) is 4. The Hall–Kier alpha value is -1.43. The fourth-order valence-corrected chi connectivity index (χ4v) is 2.54. The van der Waals surface area contributed by atoms with E-state index >= 15 is 0 Å². The summed E-state index contributed by atoms with van der Waals surface area (Å²) in [5.74, 6) is -0.265. The molecule has 1 aliphatic heterocycles. The minimum Gasteiger partial charge on any atom is -0.394 e. The van der Waals surface area contributed by atoms with Gasteiger partial charge in [-0.15, -0.1) is 0 Å². The molecule has 1 aromatic carbocycles. The van der Waals surface area contributed by atoms with E-state index in [1.807, 2.05) is 30.3 Å². The van der Waals surface area contributed by atoms with Crippen molar-refractivity contribution in [2.75, 3.05) is 26.4 Å². The first-order chi connectivity index (χ1) is 10.3. The Kier molecular flexibility index (Phi) is 6.17. The zero-order chi connectivity index (χ0) is 15.1. The third-order valence-corrected chi connectivity index (χ3v) is 3.77. The van der Waals surface area contributed by atoms with Crippen LogP contribution in [0.2, 0.25) is 0 Å². The van der Waals surface area contributed by atoms with E-state index in [1.165, 1.54) is 0 Å². The van der Waals surface area contributed by atoms with Crippen LogP contribution >= 0.6 is 0 Å². The SMILES string of the molecule is CCCNC1COCC1C(=O)N[C@@H](CO)c1ccccc1. The van der Waals surface area contributed by atoms with E-state index < -0.39 is 0 Å². The van der Waals surface area contributed by atoms with Gasteiger partial charge in [-0.05, 0) is 18.5 Å². The van der Waals surface area contributed by atoms with Gasteiger partial charge in [0, 0.05) is 6.04 Å². The second-order valence-electron chi connectivity index (χ2n) is 5.36. The second-order valence-corrected chi connectivity index (χ2v) is 5.36. The van der Waals surface area contributed by atoms with Gasteiger partial charge in [-0.2, -0.15) is 0 Å². The highest BCUT2D eigenvalue weighted by atomic mass is 16.5. The van der Waals surface area contributed by atoms with E-state index in [0.29, 0.717) is 13.2 Å². The number of nitrogens with one attached hydrogen (secondary N) is 2. The molecule has 1 aliphatic rings. The quantitative estimate of drug-likeness (QED) is 0.697. The Bertz CT molecular complexity index is 438. The fraction of sp³-hybridized carbons (Fsp3) is 0.562. The first-order valence-corrected chi connectivity index (χ1v) is 7.53. The van der Waals surface area contributed by atoms with Gasteiger partial charge in [-0.25, -0.2) is 0 Å². The van der Waals surface area contributed by atoms with Crippen LogP contribution in [0.1, 0.15) is 24.9 Å². The molecule has 1 saturated heterocycles. The summed E-state index contributed by atoms with van der Waals surface area (Å²) in [7, 11) is 0. The van der Waals surface area contributed by atoms with E-state index in [9.17, 15) is 9.90 Å². The highest BCUT2D eigenvalue weighted by Crippen LogP contribution is 2.17. The highest BCUT2D eigenvalue weighted by molar-refractivity contribution is 5.80. The van der Waals surface area contributed by atoms with Crippen molar-refractivity contribution in [1.29, 1.82) is 0 Å². The van der Waals surface area contributed by atoms with Gasteiger partial charge in [0.25, 0.3) is 0 Å². The third kappa shape index (κ3) is 4.27. The lowest BCUT2D eigenvalue weighted by molar-refractivity contribution is -0.126. The first kappa shape index (κ1) is 15.9. The molecule has 0 aliphatic carbocycles. The summed E-state index contributed by atoms with van der Waals surface area (Å²) < 4.78 is 5.42. The maximum absolute atomic E-state index is 12.4. The van der Waals surface area contributed by atoms with Gasteiger partial charge >= 0.3 is 0 Å². The van der Waals surface area contributed by atoms with Crippen LogP contribution in [0.15, 0.2) is 30.3 Å². The smallest absolute Gasteiger partial charge is 0.227 e. The normalized spacial score (nSPS) is 23.0. The molecule has 0 spiro atoms. The van der Waals surface area contributed by atoms with E-state index in [4.69, 9.17) is 4.74 Å². The molecule has 1 fully saturated rings. The molecule has 3 N–H and O–H groups in total. The van der Waals surface area contributed by atoms with Gasteiger partial charge in [-0.3, -0.25) is 4.79 Å². The first-order valence-electron chi connectivity index (χ1n) is 7.53. The second kappa shape index (κ2) is 8.12. The van der Waals surface area contributed by atoms with E-state index in [1.54, 1.807) is 0 Å². The number of aliphatic hydroxyl groups excluding tert-OH is 1. The van der Waals surface area contributed by atoms with Crippen LogP contribution in [0, 0.1) is 5.92 Å². The monoisotopic (exact) mass is 292 g/mol. The lowest BCUT2D eigenvalue weighted by Gasteiger charge is -2.22. The van der Waals surface area contributed by atoms with Crippen LogP contribution in [0.5, 0.6) is 0 Å². The van der Waals surface area contributed by atoms with Crippen LogP contribution in [0.25, 0.3) is 0 Å². The summed E-state index contributed by atoms with van der Waals surface area (Å²) in [6.45, 7) is 3.85. The van der Waals surface area contributed by atoms with Gasteiger partial charge in [0.1, 0.15) is 0 Å². The summed E-state index contributed by atoms with van der Waals surface area (Å²) in [5.41, 5.74) is 0.908. The highest BCUT2D eigenvalue weighted by Gasteiger charge is 2.34. The topological polar surface area (TPSA) is 70.6 Å². The third-order valence-electron chi connectivity index (χ3n) is 3.77. The van der Waals surface area contributed by atoms with Crippen molar-refractivity contribution in [3.8, 4) is 0 Å². The van der Waals surface area contributed by atoms with Crippen LogP contribution in [-0.4, -0.2) is 43.4 Å². The number of benzene rings is 1. The van der Waals surface area contributed by atoms with E-state index in [-0.39, 0.29) is 30.5 Å². The Labute approximate surface area is 125 Å². The Morgan fingerprint density at radius 3 is 2.81 bits per heavy atom. The van der Waals surface area contributed by atoms with Crippen molar-refractivity contribution < 1.29 is 14.6 Å². The number of carbonyl (C=O) groups is 1. The number of amides is 1. The van der Waals surface area contributed by atoms with Crippen LogP contribution < -0.4 is 10.6 Å². The van der Waals surface area contributed by atoms with Crippen molar-refractivity contribution in [3.63, 3.8) is 0 Å². The number of ether oxygens (including phenoxy) is 1. The Balaban J connectivity index is 1.96. The van der Waals surface area contributed by atoms with Crippen LogP contribution in [0.3, 0.4) is 0 Å². The van der Waals surface area contributed by atoms with E-state index in [2.05, 4.69) is 17.6 Å². The van der Waals surface area contributed by atoms with Crippen molar-refractivity contribution in [2.45, 2.75) is 25.4 Å². The molecule has 2 unspecified atom stereocenters. The molecule has 5 nitrogen and oxygen atoms in total. The maximum Gasteiger partial charge on any atom is 0.227 e. The predicted octanol–water partition coefficient (Wildman–Crippen LogP) is 0.851. The molecule has 0 radical (unpaired) electrons. The van der Waals surface area contributed by atoms with Crippen molar-refractivity contribution >= 4 is 5.91 Å². The average Bonchev–Trinajstić information content (AvgIpc) is 2.99. The molecular weight excluding hydrogens is 268 g/mol. The maximum atomic E-state index is 12.4. The van der Waals surface area contributed by atoms with Crippen molar-refractivity contribution in [2.24, 2.45) is 5.92 Å². The zero-order valence-electron chi connectivity index (χ0n) is 12.4. The molecule has 1 heterocycles. The van der Waals surface area contributed by atoms with Crippen LogP contribution in [0.4, 0.5) is 0 Å². The van der Waals surface area contributed by atoms with Crippen LogP contribution in [-0.2, 0) is 9.53 Å². The standard InChI is InChI=1S/C16H24N2O3/c1-2-8-17-15-11-21-10-13(15)16(20)18-14(9-19)12-6-4-3-5-7-12/h3-7,13-15,17,19H,2,8-11H2,1H3,(H,18,20)/t13?,14-,15?/m0/s1. The molecule has 2 rings (SSSR count). The summed E-state index contributed by atoms with van der Waals surface area (Å²) in [6.07, 6.45) is 1.02. The lowest BCUT2D eigenvalue weighted by Crippen LogP contribution is -2.45. The average molecular weight is 292 g/mol. The Morgan fingerprint density at radius 2 is 2.14 bits per heavy atom. The largest absolute Gasteiger partial charge is 0.394 e. The summed E-state index contributed by atoms with van der Waals surface area (Å²) in [6, 6.07) is 9.20. The minimum atomic E-state index is -0.369. The molecule has 116 valence electrons. The van der Waals surface area contributed by atoms with E-state index in [0.717, 1.165) is 18.5 Å². The molecule has 3 atom stereocenters. The lowest BCUT2D eigenvalue weighted by atomic mass is 10.0. The number of rotatable bonds is 7. The molecule has 5 heteroatoms. The number of hydrogen-bond donors (Lipinski definition) is 3. The Morgan fingerprint density at radius 1 is 1.38 bits per heavy atom.